The van der Waals surface area contributed by atoms with Gasteiger partial charge in [-0.3, -0.25) is 14.7 Å². The first kappa shape index (κ1) is 16.2. The monoisotopic (exact) mass is 327 g/mol. The third-order valence-electron chi connectivity index (χ3n) is 4.74. The zero-order chi connectivity index (χ0) is 17.0. The molecule has 24 heavy (non-hydrogen) atoms. The van der Waals surface area contributed by atoms with Gasteiger partial charge in [0.05, 0.1) is 11.1 Å². The summed E-state index contributed by atoms with van der Waals surface area (Å²) in [6, 6.07) is 11.2. The molecule has 3 rings (SSSR count). The number of carboxylic acids is 1. The molecule has 3 N–H and O–H groups in total. The molecular formula is C18H21N3O3. The van der Waals surface area contributed by atoms with Crippen LogP contribution in [0.4, 0.5) is 0 Å². The number of benzene rings is 1. The van der Waals surface area contributed by atoms with Crippen molar-refractivity contribution in [1.82, 2.24) is 15.5 Å². The number of amides is 1. The summed E-state index contributed by atoms with van der Waals surface area (Å²) >= 11 is 0. The Labute approximate surface area is 140 Å². The van der Waals surface area contributed by atoms with Crippen molar-refractivity contribution in [3.05, 3.63) is 42.1 Å². The lowest BCUT2D eigenvalue weighted by Crippen LogP contribution is -2.44. The molecule has 1 saturated carbocycles. The van der Waals surface area contributed by atoms with E-state index in [9.17, 15) is 14.7 Å². The number of nitrogens with zero attached hydrogens (tertiary/aromatic N) is 1. The van der Waals surface area contributed by atoms with Gasteiger partial charge in [0.2, 0.25) is 0 Å². The first-order valence-electron chi connectivity index (χ1n) is 8.23. The van der Waals surface area contributed by atoms with E-state index in [1.54, 1.807) is 6.07 Å². The maximum absolute atomic E-state index is 12.3. The Balaban J connectivity index is 1.67. The van der Waals surface area contributed by atoms with E-state index in [0.717, 1.165) is 24.8 Å². The van der Waals surface area contributed by atoms with Crippen molar-refractivity contribution in [1.29, 1.82) is 0 Å². The zero-order valence-electron chi connectivity index (χ0n) is 13.4. The number of carbonyl (C=O) groups is 2. The van der Waals surface area contributed by atoms with Gasteiger partial charge in [-0.05, 0) is 18.9 Å². The highest BCUT2D eigenvalue weighted by atomic mass is 16.4. The van der Waals surface area contributed by atoms with Crippen molar-refractivity contribution >= 4 is 11.9 Å². The number of carboxylic acid groups (broad SMARTS) is 1. The van der Waals surface area contributed by atoms with Crippen LogP contribution in [0, 0.1) is 5.41 Å². The van der Waals surface area contributed by atoms with Gasteiger partial charge in [-0.2, -0.15) is 5.10 Å². The summed E-state index contributed by atoms with van der Waals surface area (Å²) < 4.78 is 0. The maximum atomic E-state index is 12.3. The number of hydrogen-bond acceptors (Lipinski definition) is 3. The van der Waals surface area contributed by atoms with Gasteiger partial charge >= 0.3 is 5.97 Å². The van der Waals surface area contributed by atoms with E-state index in [-0.39, 0.29) is 12.5 Å². The Kier molecular flexibility index (Phi) is 4.64. The van der Waals surface area contributed by atoms with Crippen LogP contribution in [-0.2, 0) is 4.79 Å². The van der Waals surface area contributed by atoms with Crippen molar-refractivity contribution in [2.45, 2.75) is 32.1 Å². The summed E-state index contributed by atoms with van der Waals surface area (Å²) in [5.74, 6) is -1.15. The van der Waals surface area contributed by atoms with Crippen molar-refractivity contribution in [3.8, 4) is 11.3 Å². The zero-order valence-corrected chi connectivity index (χ0v) is 13.4. The fourth-order valence-corrected chi connectivity index (χ4v) is 3.23. The number of carbonyl (C=O) groups excluding carboxylic acids is 1. The van der Waals surface area contributed by atoms with Crippen LogP contribution >= 0.6 is 0 Å². The van der Waals surface area contributed by atoms with Crippen LogP contribution in [0.15, 0.2) is 36.4 Å². The van der Waals surface area contributed by atoms with E-state index in [0.29, 0.717) is 24.2 Å². The fourth-order valence-electron chi connectivity index (χ4n) is 3.23. The number of aromatic amines is 1. The molecule has 1 aromatic carbocycles. The van der Waals surface area contributed by atoms with Crippen LogP contribution in [0.25, 0.3) is 11.3 Å². The molecule has 1 aliphatic rings. The lowest BCUT2D eigenvalue weighted by atomic mass is 9.74. The van der Waals surface area contributed by atoms with Crippen molar-refractivity contribution < 1.29 is 14.7 Å². The molecule has 1 fully saturated rings. The quantitative estimate of drug-likeness (QED) is 0.787. The molecule has 1 heterocycles. The summed E-state index contributed by atoms with van der Waals surface area (Å²) in [5.41, 5.74) is 1.11. The second kappa shape index (κ2) is 6.86. The first-order chi connectivity index (χ1) is 11.6. The van der Waals surface area contributed by atoms with Crippen molar-refractivity contribution in [3.63, 3.8) is 0 Å². The van der Waals surface area contributed by atoms with Crippen LogP contribution in [0.2, 0.25) is 0 Å². The standard InChI is InChI=1S/C18H21N3O3/c22-16(19-12-18(17(23)24)9-5-2-6-10-18)15-11-14(20-21-15)13-7-3-1-4-8-13/h1,3-4,7-8,11H,2,5-6,9-10,12H2,(H,19,22)(H,20,21)(H,23,24). The molecule has 0 saturated heterocycles. The average Bonchev–Trinajstić information content (AvgIpc) is 3.11. The van der Waals surface area contributed by atoms with E-state index < -0.39 is 11.4 Å². The SMILES string of the molecule is O=C(NCC1(C(=O)O)CCCCC1)c1cc(-c2ccccc2)n[nH]1. The van der Waals surface area contributed by atoms with Crippen LogP contribution in [0.5, 0.6) is 0 Å². The Morgan fingerprint density at radius 3 is 2.54 bits per heavy atom. The normalized spacial score (nSPS) is 16.5. The van der Waals surface area contributed by atoms with Gasteiger partial charge in [0.25, 0.3) is 5.91 Å². The summed E-state index contributed by atoms with van der Waals surface area (Å²) in [6.45, 7) is 0.154. The molecular weight excluding hydrogens is 306 g/mol. The highest BCUT2D eigenvalue weighted by Gasteiger charge is 2.39. The topological polar surface area (TPSA) is 95.1 Å². The largest absolute Gasteiger partial charge is 0.481 e. The molecule has 2 aromatic rings. The van der Waals surface area contributed by atoms with Crippen LogP contribution in [0.1, 0.15) is 42.6 Å². The van der Waals surface area contributed by atoms with Gasteiger partial charge in [-0.15, -0.1) is 0 Å². The second-order valence-electron chi connectivity index (χ2n) is 6.36. The molecule has 1 amide bonds. The van der Waals surface area contributed by atoms with Gasteiger partial charge in [-0.25, -0.2) is 0 Å². The minimum Gasteiger partial charge on any atom is -0.481 e. The molecule has 0 bridgehead atoms. The number of hydrogen-bond donors (Lipinski definition) is 3. The molecule has 0 radical (unpaired) electrons. The average molecular weight is 327 g/mol. The minimum absolute atomic E-state index is 0.154. The first-order valence-corrected chi connectivity index (χ1v) is 8.23. The van der Waals surface area contributed by atoms with Gasteiger partial charge < -0.3 is 10.4 Å². The van der Waals surface area contributed by atoms with E-state index in [1.165, 1.54) is 0 Å². The molecule has 6 heteroatoms. The van der Waals surface area contributed by atoms with E-state index in [4.69, 9.17) is 0 Å². The van der Waals surface area contributed by atoms with Crippen LogP contribution in [0.3, 0.4) is 0 Å². The molecule has 1 aliphatic carbocycles. The van der Waals surface area contributed by atoms with Gasteiger partial charge in [-0.1, -0.05) is 49.6 Å². The summed E-state index contributed by atoms with van der Waals surface area (Å²) in [5, 5.41) is 19.2. The summed E-state index contributed by atoms with van der Waals surface area (Å²) in [4.78, 5) is 24.0. The van der Waals surface area contributed by atoms with E-state index in [2.05, 4.69) is 15.5 Å². The van der Waals surface area contributed by atoms with Crippen molar-refractivity contribution in [2.24, 2.45) is 5.41 Å². The third-order valence-corrected chi connectivity index (χ3v) is 4.74. The van der Waals surface area contributed by atoms with Crippen LogP contribution < -0.4 is 5.32 Å². The minimum atomic E-state index is -0.837. The Morgan fingerprint density at radius 2 is 1.88 bits per heavy atom. The number of rotatable bonds is 5. The molecule has 0 unspecified atom stereocenters. The third kappa shape index (κ3) is 3.32. The molecule has 1 aromatic heterocycles. The number of H-pyrrole nitrogens is 1. The number of aliphatic carboxylic acids is 1. The molecule has 0 atom stereocenters. The van der Waals surface area contributed by atoms with E-state index in [1.807, 2.05) is 30.3 Å². The Morgan fingerprint density at radius 1 is 1.17 bits per heavy atom. The molecule has 0 spiro atoms. The second-order valence-corrected chi connectivity index (χ2v) is 6.36. The van der Waals surface area contributed by atoms with Gasteiger partial charge in [0.15, 0.2) is 0 Å². The lowest BCUT2D eigenvalue weighted by Gasteiger charge is -2.33. The number of nitrogens with one attached hydrogen (secondary N) is 2. The van der Waals surface area contributed by atoms with Gasteiger partial charge in [0, 0.05) is 12.1 Å². The van der Waals surface area contributed by atoms with E-state index >= 15 is 0 Å². The van der Waals surface area contributed by atoms with Crippen LogP contribution in [-0.4, -0.2) is 33.7 Å². The number of aromatic nitrogens is 2. The maximum Gasteiger partial charge on any atom is 0.311 e. The molecule has 0 aliphatic heterocycles. The van der Waals surface area contributed by atoms with Crippen molar-refractivity contribution in [2.75, 3.05) is 6.54 Å². The highest BCUT2D eigenvalue weighted by Crippen LogP contribution is 2.36. The predicted molar refractivity (Wildman–Crippen MR) is 89.5 cm³/mol. The van der Waals surface area contributed by atoms with Gasteiger partial charge in [0.1, 0.15) is 5.69 Å². The predicted octanol–water partition coefficient (Wildman–Crippen LogP) is 2.84. The highest BCUT2D eigenvalue weighted by molar-refractivity contribution is 5.93. The molecule has 6 nitrogen and oxygen atoms in total. The fraction of sp³-hybridized carbons (Fsp3) is 0.389. The Hall–Kier alpha value is -2.63. The Bertz CT molecular complexity index is 718. The summed E-state index contributed by atoms with van der Waals surface area (Å²) in [7, 11) is 0. The summed E-state index contributed by atoms with van der Waals surface area (Å²) in [6.07, 6.45) is 4.07. The molecule has 126 valence electrons. The smallest absolute Gasteiger partial charge is 0.311 e. The lowest BCUT2D eigenvalue weighted by molar-refractivity contribution is -0.150.